The molecule has 1 aromatic heterocycles. The maximum Gasteiger partial charge on any atom is 0.262 e. The molecule has 6 nitrogen and oxygen atoms in total. The van der Waals surface area contributed by atoms with Crippen molar-refractivity contribution in [3.05, 3.63) is 89.2 Å². The van der Waals surface area contributed by atoms with Crippen molar-refractivity contribution in [1.82, 2.24) is 9.88 Å². The van der Waals surface area contributed by atoms with Crippen LogP contribution in [-0.2, 0) is 10.0 Å². The summed E-state index contributed by atoms with van der Waals surface area (Å²) in [4.78, 5) is 19.5. The summed E-state index contributed by atoms with van der Waals surface area (Å²) < 4.78 is 42.9. The van der Waals surface area contributed by atoms with Crippen molar-refractivity contribution < 1.29 is 17.6 Å². The minimum atomic E-state index is -4.05. The molecule has 34 heavy (non-hydrogen) atoms. The van der Waals surface area contributed by atoms with E-state index in [1.165, 1.54) is 36.4 Å². The first-order chi connectivity index (χ1) is 16.4. The number of sulfonamides is 1. The van der Waals surface area contributed by atoms with E-state index in [9.17, 15) is 17.6 Å². The zero-order chi connectivity index (χ0) is 23.7. The molecule has 1 N–H and O–H groups in total. The van der Waals surface area contributed by atoms with Crippen LogP contribution >= 0.6 is 11.3 Å². The maximum absolute atomic E-state index is 13.9. The first-order valence-corrected chi connectivity index (χ1v) is 13.2. The van der Waals surface area contributed by atoms with Crippen molar-refractivity contribution in [3.8, 4) is 0 Å². The zero-order valence-electron chi connectivity index (χ0n) is 18.1. The third-order valence-electron chi connectivity index (χ3n) is 5.95. The Labute approximate surface area is 201 Å². The van der Waals surface area contributed by atoms with Gasteiger partial charge < -0.3 is 4.90 Å². The second kappa shape index (κ2) is 9.15. The molecule has 4 aromatic rings. The fraction of sp³-hybridized carbons (Fsp3) is 0.200. The minimum absolute atomic E-state index is 0.0917. The maximum atomic E-state index is 13.9. The number of anilines is 1. The molecule has 1 aliphatic heterocycles. The molecule has 1 aliphatic rings. The molecule has 0 saturated carbocycles. The largest absolute Gasteiger partial charge is 0.339 e. The first kappa shape index (κ1) is 22.5. The molecule has 1 fully saturated rings. The number of fused-ring (bicyclic) bond motifs is 1. The number of piperidine rings is 1. The van der Waals surface area contributed by atoms with Crippen molar-refractivity contribution in [2.75, 3.05) is 17.8 Å². The van der Waals surface area contributed by atoms with Gasteiger partial charge in [0.25, 0.3) is 15.9 Å². The zero-order valence-corrected chi connectivity index (χ0v) is 19.8. The smallest absolute Gasteiger partial charge is 0.262 e. The first-order valence-electron chi connectivity index (χ1n) is 10.9. The lowest BCUT2D eigenvalue weighted by Crippen LogP contribution is -2.38. The van der Waals surface area contributed by atoms with E-state index in [1.54, 1.807) is 28.4 Å². The Hall–Kier alpha value is -3.30. The third-order valence-corrected chi connectivity index (χ3v) is 8.51. The van der Waals surface area contributed by atoms with Gasteiger partial charge in [-0.15, -0.1) is 11.3 Å². The summed E-state index contributed by atoms with van der Waals surface area (Å²) in [6.07, 6.45) is 1.61. The highest BCUT2D eigenvalue weighted by Crippen LogP contribution is 2.34. The number of rotatable bonds is 5. The SMILES string of the molecule is O=C(c1cccc(S(=O)(=O)Nc2ccccc2F)c1)N1CCC(c2nc3ccccc3s2)CC1. The van der Waals surface area contributed by atoms with Crippen LogP contribution in [0.15, 0.2) is 77.7 Å². The van der Waals surface area contributed by atoms with E-state index in [4.69, 9.17) is 4.98 Å². The number of halogens is 1. The molecule has 5 rings (SSSR count). The molecule has 2 heterocycles. The molecule has 0 spiro atoms. The van der Waals surface area contributed by atoms with E-state index < -0.39 is 15.8 Å². The topological polar surface area (TPSA) is 79.4 Å². The number of nitrogens with zero attached hydrogens (tertiary/aromatic N) is 2. The van der Waals surface area contributed by atoms with Gasteiger partial charge in [-0.2, -0.15) is 0 Å². The Morgan fingerprint density at radius 1 is 1.00 bits per heavy atom. The molecule has 0 aliphatic carbocycles. The molecule has 0 atom stereocenters. The van der Waals surface area contributed by atoms with Gasteiger partial charge in [-0.3, -0.25) is 9.52 Å². The van der Waals surface area contributed by atoms with Crippen LogP contribution in [0.5, 0.6) is 0 Å². The summed E-state index contributed by atoms with van der Waals surface area (Å²) in [7, 11) is -4.05. The molecule has 1 amide bonds. The van der Waals surface area contributed by atoms with E-state index >= 15 is 0 Å². The normalized spacial score (nSPS) is 14.9. The standard InChI is InChI=1S/C25H22FN3O3S2/c26-20-8-1-2-9-21(20)28-34(31,32)19-7-5-6-18(16-19)25(30)29-14-12-17(13-15-29)24-27-22-10-3-4-11-23(22)33-24/h1-11,16-17,28H,12-15H2. The van der Waals surface area contributed by atoms with Crippen LogP contribution in [0.1, 0.15) is 34.1 Å². The van der Waals surface area contributed by atoms with Crippen LogP contribution in [-0.4, -0.2) is 37.3 Å². The number of benzene rings is 3. The van der Waals surface area contributed by atoms with Gasteiger partial charge in [0.15, 0.2) is 0 Å². The van der Waals surface area contributed by atoms with E-state index in [2.05, 4.69) is 10.8 Å². The van der Waals surface area contributed by atoms with Gasteiger partial charge in [0, 0.05) is 24.6 Å². The second-order valence-electron chi connectivity index (χ2n) is 8.20. The monoisotopic (exact) mass is 495 g/mol. The number of likely N-dealkylation sites (tertiary alicyclic amines) is 1. The summed E-state index contributed by atoms with van der Waals surface area (Å²) in [5.74, 6) is -0.585. The van der Waals surface area contributed by atoms with Crippen molar-refractivity contribution in [1.29, 1.82) is 0 Å². The van der Waals surface area contributed by atoms with Gasteiger partial charge in [0.05, 0.1) is 25.8 Å². The summed E-state index contributed by atoms with van der Waals surface area (Å²) in [6.45, 7) is 1.15. The lowest BCUT2D eigenvalue weighted by atomic mass is 9.97. The Balaban J connectivity index is 1.28. The quantitative estimate of drug-likeness (QED) is 0.410. The molecule has 3 aromatic carbocycles. The van der Waals surface area contributed by atoms with E-state index in [-0.39, 0.29) is 22.1 Å². The molecule has 9 heteroatoms. The van der Waals surface area contributed by atoms with Gasteiger partial charge in [0.1, 0.15) is 5.82 Å². The number of carbonyl (C=O) groups is 1. The average molecular weight is 496 g/mol. The van der Waals surface area contributed by atoms with E-state index in [0.717, 1.165) is 28.1 Å². The number of nitrogens with one attached hydrogen (secondary N) is 1. The Kier molecular flexibility index (Phi) is 6.05. The minimum Gasteiger partial charge on any atom is -0.339 e. The second-order valence-corrected chi connectivity index (χ2v) is 10.9. The highest BCUT2D eigenvalue weighted by atomic mass is 32.2. The molecular formula is C25H22FN3O3S2. The summed E-state index contributed by atoms with van der Waals surface area (Å²) in [6, 6.07) is 19.5. The van der Waals surface area contributed by atoms with Gasteiger partial charge in [-0.25, -0.2) is 17.8 Å². The van der Waals surface area contributed by atoms with Gasteiger partial charge in [0.2, 0.25) is 0 Å². The van der Waals surface area contributed by atoms with Crippen LogP contribution in [0.25, 0.3) is 10.2 Å². The Morgan fingerprint density at radius 3 is 2.50 bits per heavy atom. The highest BCUT2D eigenvalue weighted by Gasteiger charge is 2.27. The molecule has 174 valence electrons. The number of para-hydroxylation sites is 2. The van der Waals surface area contributed by atoms with Gasteiger partial charge >= 0.3 is 0 Å². The number of carbonyl (C=O) groups excluding carboxylic acids is 1. The average Bonchev–Trinajstić information content (AvgIpc) is 3.29. The molecule has 0 radical (unpaired) electrons. The number of amides is 1. The number of hydrogen-bond donors (Lipinski definition) is 1. The number of hydrogen-bond acceptors (Lipinski definition) is 5. The molecule has 0 unspecified atom stereocenters. The predicted octanol–water partition coefficient (Wildman–Crippen LogP) is 5.26. The highest BCUT2D eigenvalue weighted by molar-refractivity contribution is 7.92. The number of aromatic nitrogens is 1. The van der Waals surface area contributed by atoms with Gasteiger partial charge in [-0.1, -0.05) is 30.3 Å². The van der Waals surface area contributed by atoms with Gasteiger partial charge in [-0.05, 0) is 55.3 Å². The number of thiazole rings is 1. The van der Waals surface area contributed by atoms with Crippen molar-refractivity contribution in [2.45, 2.75) is 23.7 Å². The Morgan fingerprint density at radius 2 is 1.74 bits per heavy atom. The van der Waals surface area contributed by atoms with E-state index in [1.807, 2.05) is 18.2 Å². The summed E-state index contributed by atoms with van der Waals surface area (Å²) in [5, 5.41) is 1.10. The fourth-order valence-corrected chi connectivity index (χ4v) is 6.37. The summed E-state index contributed by atoms with van der Waals surface area (Å²) in [5.41, 5.74) is 1.15. The van der Waals surface area contributed by atoms with Crippen molar-refractivity contribution in [3.63, 3.8) is 0 Å². The van der Waals surface area contributed by atoms with Crippen LogP contribution in [0.2, 0.25) is 0 Å². The lowest BCUT2D eigenvalue weighted by Gasteiger charge is -2.31. The fourth-order valence-electron chi connectivity index (χ4n) is 4.12. The van der Waals surface area contributed by atoms with Crippen LogP contribution in [0, 0.1) is 5.82 Å². The lowest BCUT2D eigenvalue weighted by molar-refractivity contribution is 0.0712. The predicted molar refractivity (Wildman–Crippen MR) is 131 cm³/mol. The van der Waals surface area contributed by atoms with Crippen molar-refractivity contribution in [2.24, 2.45) is 0 Å². The summed E-state index contributed by atoms with van der Waals surface area (Å²) >= 11 is 1.70. The van der Waals surface area contributed by atoms with Crippen LogP contribution in [0.3, 0.4) is 0 Å². The Bertz CT molecular complexity index is 1430. The molecule has 1 saturated heterocycles. The molecule has 0 bridgehead atoms. The molecular weight excluding hydrogens is 473 g/mol. The van der Waals surface area contributed by atoms with Crippen LogP contribution < -0.4 is 4.72 Å². The van der Waals surface area contributed by atoms with Crippen molar-refractivity contribution >= 4 is 43.2 Å². The van der Waals surface area contributed by atoms with Crippen LogP contribution in [0.4, 0.5) is 10.1 Å². The van der Waals surface area contributed by atoms with E-state index in [0.29, 0.717) is 19.0 Å². The third kappa shape index (κ3) is 4.53.